The summed E-state index contributed by atoms with van der Waals surface area (Å²) in [6.45, 7) is 0. The smallest absolute Gasteiger partial charge is 0.288 e. The third-order valence-electron chi connectivity index (χ3n) is 2.92. The van der Waals surface area contributed by atoms with Crippen LogP contribution in [0.1, 0.15) is 15.9 Å². The topological polar surface area (TPSA) is 71.4 Å². The van der Waals surface area contributed by atoms with Crippen molar-refractivity contribution in [3.05, 3.63) is 63.4 Å². The van der Waals surface area contributed by atoms with Crippen molar-refractivity contribution in [3.63, 3.8) is 0 Å². The minimum atomic E-state index is -4.68. The molecule has 0 spiro atoms. The Morgan fingerprint density at radius 3 is 1.79 bits per heavy atom. The molecule has 0 saturated carbocycles. The summed E-state index contributed by atoms with van der Waals surface area (Å²) < 4.78 is 97.1. The predicted octanol–water partition coefficient (Wildman–Crippen LogP) is 3.51. The van der Waals surface area contributed by atoms with Crippen molar-refractivity contribution < 1.29 is 39.7 Å². The van der Waals surface area contributed by atoms with Gasteiger partial charge in [-0.2, -0.15) is 8.42 Å². The SMILES string of the molecule is O=C(c1ccc(S(=O)(=O)O)cc1Cl)c1c(F)c(F)c(F)c(F)c1F. The van der Waals surface area contributed by atoms with Crippen LogP contribution in [0.3, 0.4) is 0 Å². The Hall–Kier alpha value is -2.04. The first-order valence-corrected chi connectivity index (χ1v) is 7.61. The molecule has 2 aromatic rings. The van der Waals surface area contributed by atoms with Crippen LogP contribution in [0.25, 0.3) is 0 Å². The minimum Gasteiger partial charge on any atom is -0.288 e. The molecule has 0 aliphatic carbocycles. The molecule has 0 radical (unpaired) electrons. The van der Waals surface area contributed by atoms with E-state index in [4.69, 9.17) is 16.2 Å². The lowest BCUT2D eigenvalue weighted by Gasteiger charge is -2.09. The van der Waals surface area contributed by atoms with Crippen LogP contribution in [0, 0.1) is 29.1 Å². The normalized spacial score (nSPS) is 11.6. The maximum absolute atomic E-state index is 13.6. The van der Waals surface area contributed by atoms with E-state index < -0.39 is 66.0 Å². The van der Waals surface area contributed by atoms with Gasteiger partial charge in [-0.25, -0.2) is 22.0 Å². The van der Waals surface area contributed by atoms with Gasteiger partial charge in [0.1, 0.15) is 5.56 Å². The Bertz CT molecular complexity index is 946. The van der Waals surface area contributed by atoms with Crippen molar-refractivity contribution in [2.45, 2.75) is 4.90 Å². The lowest BCUT2D eigenvalue weighted by Crippen LogP contribution is -2.14. The van der Waals surface area contributed by atoms with Crippen molar-refractivity contribution in [1.29, 1.82) is 0 Å². The van der Waals surface area contributed by atoms with Gasteiger partial charge in [0.05, 0.1) is 9.92 Å². The van der Waals surface area contributed by atoms with Gasteiger partial charge in [-0.1, -0.05) is 11.6 Å². The second kappa shape index (κ2) is 6.11. The van der Waals surface area contributed by atoms with Gasteiger partial charge in [-0.3, -0.25) is 9.35 Å². The molecule has 0 aliphatic rings. The first kappa shape index (κ1) is 18.3. The monoisotopic (exact) mass is 386 g/mol. The number of halogens is 6. The predicted molar refractivity (Wildman–Crippen MR) is 70.9 cm³/mol. The molecule has 128 valence electrons. The molecule has 0 aromatic heterocycles. The summed E-state index contributed by atoms with van der Waals surface area (Å²) >= 11 is 5.59. The number of carbonyl (C=O) groups excluding carboxylic acids is 1. The van der Waals surface area contributed by atoms with Gasteiger partial charge in [0.25, 0.3) is 10.1 Å². The summed E-state index contributed by atoms with van der Waals surface area (Å²) in [5.74, 6) is -13.4. The van der Waals surface area contributed by atoms with Crippen molar-refractivity contribution >= 4 is 27.5 Å². The fourth-order valence-electron chi connectivity index (χ4n) is 1.78. The summed E-state index contributed by atoms with van der Waals surface area (Å²) in [7, 11) is -4.68. The van der Waals surface area contributed by atoms with E-state index in [0.717, 1.165) is 0 Å². The van der Waals surface area contributed by atoms with Crippen molar-refractivity contribution in [1.82, 2.24) is 0 Å². The van der Waals surface area contributed by atoms with E-state index in [0.29, 0.717) is 18.2 Å². The van der Waals surface area contributed by atoms with E-state index in [-0.39, 0.29) is 0 Å². The van der Waals surface area contributed by atoms with E-state index in [1.165, 1.54) is 0 Å². The van der Waals surface area contributed by atoms with Crippen LogP contribution in [-0.2, 0) is 10.1 Å². The van der Waals surface area contributed by atoms with E-state index in [2.05, 4.69) is 0 Å². The zero-order chi connectivity index (χ0) is 18.4. The third-order valence-corrected chi connectivity index (χ3v) is 4.08. The van der Waals surface area contributed by atoms with Crippen LogP contribution in [0.5, 0.6) is 0 Å². The van der Waals surface area contributed by atoms with Gasteiger partial charge in [0, 0.05) is 5.56 Å². The number of rotatable bonds is 3. The largest absolute Gasteiger partial charge is 0.294 e. The molecule has 0 amide bonds. The number of hydrogen-bond donors (Lipinski definition) is 1. The van der Waals surface area contributed by atoms with Crippen molar-refractivity contribution in [3.8, 4) is 0 Å². The zero-order valence-electron chi connectivity index (χ0n) is 11.1. The van der Waals surface area contributed by atoms with Crippen LogP contribution in [0.4, 0.5) is 22.0 Å². The highest BCUT2D eigenvalue weighted by molar-refractivity contribution is 7.85. The van der Waals surface area contributed by atoms with Crippen LogP contribution in [-0.4, -0.2) is 18.8 Å². The van der Waals surface area contributed by atoms with E-state index in [9.17, 15) is 35.2 Å². The number of hydrogen-bond acceptors (Lipinski definition) is 3. The molecule has 2 aromatic carbocycles. The Labute approximate surface area is 136 Å². The van der Waals surface area contributed by atoms with Gasteiger partial charge in [-0.05, 0) is 18.2 Å². The minimum absolute atomic E-state index is 0.580. The number of ketones is 1. The Balaban J connectivity index is 2.67. The summed E-state index contributed by atoms with van der Waals surface area (Å²) in [5, 5.41) is -0.681. The van der Waals surface area contributed by atoms with Gasteiger partial charge in [-0.15, -0.1) is 0 Å². The van der Waals surface area contributed by atoms with Crippen LogP contribution in [0.15, 0.2) is 23.1 Å². The lowest BCUT2D eigenvalue weighted by molar-refractivity contribution is 0.102. The second-order valence-corrected chi connectivity index (χ2v) is 6.22. The number of benzene rings is 2. The standard InChI is InChI=1S/C13H4ClF5O4S/c14-6-3-4(24(21,22)23)1-2-5(6)13(20)7-8(15)10(17)12(19)11(18)9(7)16/h1-3H,(H,21,22,23). The highest BCUT2D eigenvalue weighted by Crippen LogP contribution is 2.28. The first-order chi connectivity index (χ1) is 11.0. The Kier molecular flexibility index (Phi) is 4.66. The summed E-state index contributed by atoms with van der Waals surface area (Å²) in [6, 6.07) is 1.91. The van der Waals surface area contributed by atoms with Crippen LogP contribution < -0.4 is 0 Å². The molecule has 0 saturated heterocycles. The summed E-state index contributed by atoms with van der Waals surface area (Å²) in [4.78, 5) is 11.3. The molecule has 2 rings (SSSR count). The maximum atomic E-state index is 13.6. The Morgan fingerprint density at radius 1 is 0.917 bits per heavy atom. The van der Waals surface area contributed by atoms with Crippen molar-refractivity contribution in [2.75, 3.05) is 0 Å². The van der Waals surface area contributed by atoms with E-state index in [1.807, 2.05) is 0 Å². The average molecular weight is 387 g/mol. The molecule has 1 N–H and O–H groups in total. The molecule has 0 heterocycles. The molecule has 4 nitrogen and oxygen atoms in total. The fraction of sp³-hybridized carbons (Fsp3) is 0. The Morgan fingerprint density at radius 2 is 1.38 bits per heavy atom. The molecule has 11 heteroatoms. The molecule has 24 heavy (non-hydrogen) atoms. The highest BCUT2D eigenvalue weighted by Gasteiger charge is 2.31. The zero-order valence-corrected chi connectivity index (χ0v) is 12.7. The van der Waals surface area contributed by atoms with Gasteiger partial charge in [0.2, 0.25) is 11.6 Å². The molecular weight excluding hydrogens is 383 g/mol. The molecule has 0 atom stereocenters. The van der Waals surface area contributed by atoms with Crippen molar-refractivity contribution in [2.24, 2.45) is 0 Å². The fourth-order valence-corrected chi connectivity index (χ4v) is 2.62. The van der Waals surface area contributed by atoms with E-state index >= 15 is 0 Å². The second-order valence-electron chi connectivity index (χ2n) is 4.39. The summed E-state index contributed by atoms with van der Waals surface area (Å²) in [6.07, 6.45) is 0. The quantitative estimate of drug-likeness (QED) is 0.288. The molecule has 0 aliphatic heterocycles. The highest BCUT2D eigenvalue weighted by atomic mass is 35.5. The molecule has 0 bridgehead atoms. The van der Waals surface area contributed by atoms with Gasteiger partial charge >= 0.3 is 0 Å². The molecule has 0 unspecified atom stereocenters. The van der Waals surface area contributed by atoms with Gasteiger partial charge < -0.3 is 0 Å². The summed E-state index contributed by atoms with van der Waals surface area (Å²) in [5.41, 5.74) is -2.47. The van der Waals surface area contributed by atoms with Crippen LogP contribution >= 0.6 is 11.6 Å². The first-order valence-electron chi connectivity index (χ1n) is 5.80. The number of carbonyl (C=O) groups is 1. The lowest BCUT2D eigenvalue weighted by atomic mass is 10.0. The average Bonchev–Trinajstić information content (AvgIpc) is 2.50. The molecule has 0 fully saturated rings. The van der Waals surface area contributed by atoms with Gasteiger partial charge in [0.15, 0.2) is 23.3 Å². The molecular formula is C13H4ClF5O4S. The maximum Gasteiger partial charge on any atom is 0.294 e. The third kappa shape index (κ3) is 2.99. The van der Waals surface area contributed by atoms with Crippen LogP contribution in [0.2, 0.25) is 5.02 Å². The van der Waals surface area contributed by atoms with E-state index in [1.54, 1.807) is 0 Å².